The predicted octanol–water partition coefficient (Wildman–Crippen LogP) is 3.94. The van der Waals surface area contributed by atoms with Gasteiger partial charge in [0.1, 0.15) is 5.82 Å². The summed E-state index contributed by atoms with van der Waals surface area (Å²) >= 11 is 0. The first-order chi connectivity index (χ1) is 13.1. The molecule has 2 aromatic heterocycles. The Bertz CT molecular complexity index is 1080. The number of fused-ring (bicyclic) bond motifs is 1. The van der Waals surface area contributed by atoms with Crippen molar-refractivity contribution < 1.29 is 4.79 Å². The molecule has 0 saturated heterocycles. The van der Waals surface area contributed by atoms with E-state index >= 15 is 0 Å². The van der Waals surface area contributed by atoms with Gasteiger partial charge in [0.05, 0.1) is 11.0 Å². The van der Waals surface area contributed by atoms with Crippen LogP contribution in [0.4, 0.5) is 11.4 Å². The van der Waals surface area contributed by atoms with Crippen LogP contribution in [0.25, 0.3) is 22.4 Å². The Hall–Kier alpha value is -3.67. The second-order valence-electron chi connectivity index (χ2n) is 6.45. The molecule has 0 aliphatic heterocycles. The van der Waals surface area contributed by atoms with Crippen molar-refractivity contribution in [3.05, 3.63) is 72.6 Å². The standard InChI is InChI=1S/C21H19N5O/c1-26(2)17-6-3-14(4-7-17)20-24-18-8-5-16(13-19(18)25-20)23-21(27)15-9-11-22-12-10-15/h3-13H,1-2H3,(H,23,27)(H,24,25). The lowest BCUT2D eigenvalue weighted by Crippen LogP contribution is -2.11. The zero-order valence-corrected chi connectivity index (χ0v) is 15.1. The van der Waals surface area contributed by atoms with Gasteiger partial charge in [0, 0.05) is 49.0 Å². The van der Waals surface area contributed by atoms with Gasteiger partial charge >= 0.3 is 0 Å². The summed E-state index contributed by atoms with van der Waals surface area (Å²) in [4.78, 5) is 26.3. The summed E-state index contributed by atoms with van der Waals surface area (Å²) in [6.07, 6.45) is 3.19. The monoisotopic (exact) mass is 357 g/mol. The number of hydrogen-bond acceptors (Lipinski definition) is 4. The number of carbonyl (C=O) groups excluding carboxylic acids is 1. The molecule has 0 spiro atoms. The third kappa shape index (κ3) is 3.50. The zero-order chi connectivity index (χ0) is 18.8. The molecule has 134 valence electrons. The molecule has 0 saturated carbocycles. The molecule has 0 unspecified atom stereocenters. The Morgan fingerprint density at radius 3 is 2.44 bits per heavy atom. The fraction of sp³-hybridized carbons (Fsp3) is 0.0952. The fourth-order valence-corrected chi connectivity index (χ4v) is 2.84. The smallest absolute Gasteiger partial charge is 0.255 e. The highest BCUT2D eigenvalue weighted by Crippen LogP contribution is 2.24. The number of hydrogen-bond donors (Lipinski definition) is 2. The number of nitrogens with zero attached hydrogens (tertiary/aromatic N) is 3. The minimum atomic E-state index is -0.174. The van der Waals surface area contributed by atoms with E-state index in [1.165, 1.54) is 0 Å². The third-order valence-electron chi connectivity index (χ3n) is 4.34. The summed E-state index contributed by atoms with van der Waals surface area (Å²) in [5.74, 6) is 0.625. The number of imidazole rings is 1. The van der Waals surface area contributed by atoms with Crippen LogP contribution in [0.1, 0.15) is 10.4 Å². The van der Waals surface area contributed by atoms with Crippen LogP contribution in [0, 0.1) is 0 Å². The maximum absolute atomic E-state index is 12.3. The van der Waals surface area contributed by atoms with Gasteiger partial charge in [-0.2, -0.15) is 0 Å². The molecule has 2 heterocycles. The summed E-state index contributed by atoms with van der Waals surface area (Å²) in [5.41, 5.74) is 5.13. The molecule has 0 radical (unpaired) electrons. The van der Waals surface area contributed by atoms with Crippen molar-refractivity contribution in [2.45, 2.75) is 0 Å². The van der Waals surface area contributed by atoms with Crippen LogP contribution in [0.5, 0.6) is 0 Å². The number of anilines is 2. The minimum Gasteiger partial charge on any atom is -0.378 e. The molecule has 27 heavy (non-hydrogen) atoms. The lowest BCUT2D eigenvalue weighted by molar-refractivity contribution is 0.102. The van der Waals surface area contributed by atoms with Crippen LogP contribution in [-0.2, 0) is 0 Å². The lowest BCUT2D eigenvalue weighted by atomic mass is 10.2. The van der Waals surface area contributed by atoms with E-state index in [4.69, 9.17) is 0 Å². The number of amides is 1. The Balaban J connectivity index is 1.59. The van der Waals surface area contributed by atoms with E-state index in [9.17, 15) is 4.79 Å². The van der Waals surface area contributed by atoms with Crippen molar-refractivity contribution in [1.82, 2.24) is 15.0 Å². The molecule has 2 aromatic carbocycles. The summed E-state index contributed by atoms with van der Waals surface area (Å²) in [7, 11) is 4.02. The number of nitrogens with one attached hydrogen (secondary N) is 2. The van der Waals surface area contributed by atoms with Crippen LogP contribution in [0.2, 0.25) is 0 Å². The molecule has 2 N–H and O–H groups in total. The number of aromatic nitrogens is 3. The molecule has 0 atom stereocenters. The van der Waals surface area contributed by atoms with Crippen LogP contribution in [-0.4, -0.2) is 35.0 Å². The number of aromatic amines is 1. The molecule has 0 aliphatic carbocycles. The Morgan fingerprint density at radius 2 is 1.74 bits per heavy atom. The highest BCUT2D eigenvalue weighted by atomic mass is 16.1. The van der Waals surface area contributed by atoms with E-state index in [1.54, 1.807) is 24.5 Å². The summed E-state index contributed by atoms with van der Waals surface area (Å²) in [5, 5.41) is 2.89. The zero-order valence-electron chi connectivity index (χ0n) is 15.1. The van der Waals surface area contributed by atoms with Crippen molar-refractivity contribution in [1.29, 1.82) is 0 Å². The van der Waals surface area contributed by atoms with Crippen molar-refractivity contribution in [2.24, 2.45) is 0 Å². The van der Waals surface area contributed by atoms with Gasteiger partial charge in [0.15, 0.2) is 0 Å². The van der Waals surface area contributed by atoms with Gasteiger partial charge in [-0.1, -0.05) is 0 Å². The molecule has 1 amide bonds. The number of H-pyrrole nitrogens is 1. The van der Waals surface area contributed by atoms with Gasteiger partial charge in [-0.05, 0) is 54.6 Å². The molecule has 6 heteroatoms. The maximum atomic E-state index is 12.3. The molecule has 0 fully saturated rings. The van der Waals surface area contributed by atoms with Gasteiger partial charge in [-0.25, -0.2) is 4.98 Å². The van der Waals surface area contributed by atoms with E-state index < -0.39 is 0 Å². The number of rotatable bonds is 4. The number of carbonyl (C=O) groups is 1. The Kier molecular flexibility index (Phi) is 4.30. The SMILES string of the molecule is CN(C)c1ccc(-c2nc3cc(NC(=O)c4ccncc4)ccc3[nH]2)cc1. The van der Waals surface area contributed by atoms with Crippen LogP contribution < -0.4 is 10.2 Å². The van der Waals surface area contributed by atoms with Gasteiger partial charge < -0.3 is 15.2 Å². The van der Waals surface area contributed by atoms with E-state index in [0.717, 1.165) is 28.1 Å². The first-order valence-corrected chi connectivity index (χ1v) is 8.59. The van der Waals surface area contributed by atoms with Crippen molar-refractivity contribution in [3.8, 4) is 11.4 Å². The first kappa shape index (κ1) is 16.8. The van der Waals surface area contributed by atoms with Crippen LogP contribution in [0.3, 0.4) is 0 Å². The van der Waals surface area contributed by atoms with E-state index in [-0.39, 0.29) is 5.91 Å². The third-order valence-corrected chi connectivity index (χ3v) is 4.34. The van der Waals surface area contributed by atoms with E-state index in [1.807, 2.05) is 44.4 Å². The average Bonchev–Trinajstić information content (AvgIpc) is 3.12. The highest BCUT2D eigenvalue weighted by molar-refractivity contribution is 6.04. The first-order valence-electron chi connectivity index (χ1n) is 8.59. The maximum Gasteiger partial charge on any atom is 0.255 e. The lowest BCUT2D eigenvalue weighted by Gasteiger charge is -2.11. The predicted molar refractivity (Wildman–Crippen MR) is 108 cm³/mol. The Labute approximate surface area is 156 Å². The second-order valence-corrected chi connectivity index (χ2v) is 6.45. The van der Waals surface area contributed by atoms with Gasteiger partial charge in [0.2, 0.25) is 0 Å². The molecule has 6 nitrogen and oxygen atoms in total. The fourth-order valence-electron chi connectivity index (χ4n) is 2.84. The number of pyridine rings is 1. The second kappa shape index (κ2) is 6.92. The van der Waals surface area contributed by atoms with Gasteiger partial charge in [-0.15, -0.1) is 0 Å². The van der Waals surface area contributed by atoms with E-state index in [2.05, 4.69) is 37.3 Å². The Morgan fingerprint density at radius 1 is 1.00 bits per heavy atom. The molecule has 0 bridgehead atoms. The quantitative estimate of drug-likeness (QED) is 0.580. The van der Waals surface area contributed by atoms with Gasteiger partial charge in [0.25, 0.3) is 5.91 Å². The highest BCUT2D eigenvalue weighted by Gasteiger charge is 2.09. The minimum absolute atomic E-state index is 0.174. The van der Waals surface area contributed by atoms with Crippen LogP contribution in [0.15, 0.2) is 67.0 Å². The average molecular weight is 357 g/mol. The topological polar surface area (TPSA) is 73.9 Å². The molecule has 0 aliphatic rings. The molecular weight excluding hydrogens is 338 g/mol. The largest absolute Gasteiger partial charge is 0.378 e. The molecular formula is C21H19N5O. The summed E-state index contributed by atoms with van der Waals surface area (Å²) in [6, 6.07) is 17.2. The number of benzene rings is 2. The van der Waals surface area contributed by atoms with Crippen molar-refractivity contribution in [2.75, 3.05) is 24.3 Å². The van der Waals surface area contributed by atoms with Crippen molar-refractivity contribution >= 4 is 28.3 Å². The molecule has 4 rings (SSSR count). The summed E-state index contributed by atoms with van der Waals surface area (Å²) in [6.45, 7) is 0. The normalized spacial score (nSPS) is 10.7. The van der Waals surface area contributed by atoms with E-state index in [0.29, 0.717) is 11.3 Å². The van der Waals surface area contributed by atoms with Crippen LogP contribution >= 0.6 is 0 Å². The van der Waals surface area contributed by atoms with Gasteiger partial charge in [-0.3, -0.25) is 9.78 Å². The summed E-state index contributed by atoms with van der Waals surface area (Å²) < 4.78 is 0. The molecule has 4 aromatic rings. The van der Waals surface area contributed by atoms with Crippen molar-refractivity contribution in [3.63, 3.8) is 0 Å².